The van der Waals surface area contributed by atoms with Gasteiger partial charge in [0.25, 0.3) is 0 Å². The average Bonchev–Trinajstić information content (AvgIpc) is 3.08. The van der Waals surface area contributed by atoms with Crippen LogP contribution in [0.15, 0.2) is 46.0 Å². The van der Waals surface area contributed by atoms with Gasteiger partial charge in [-0.15, -0.1) is 0 Å². The Balaban J connectivity index is 1.69. The number of benzene rings is 1. The van der Waals surface area contributed by atoms with Crippen molar-refractivity contribution in [2.75, 3.05) is 5.75 Å². The minimum Gasteiger partial charge on any atom is -0.467 e. The molecule has 0 radical (unpaired) electrons. The van der Waals surface area contributed by atoms with Crippen LogP contribution >= 0.6 is 11.8 Å². The fraction of sp³-hybridized carbons (Fsp3) is 0.263. The predicted octanol–water partition coefficient (Wildman–Crippen LogP) is 4.16. The molecule has 3 aromatic rings. The Morgan fingerprint density at radius 3 is 2.79 bits per heavy atom. The maximum Gasteiger partial charge on any atom is 0.230 e. The molecule has 0 saturated carbocycles. The number of amides is 1. The van der Waals surface area contributed by atoms with Crippen LogP contribution in [0.25, 0.3) is 10.9 Å². The van der Waals surface area contributed by atoms with Crippen molar-refractivity contribution in [2.45, 2.75) is 32.3 Å². The number of rotatable bonds is 5. The van der Waals surface area contributed by atoms with E-state index in [4.69, 9.17) is 9.40 Å². The largest absolute Gasteiger partial charge is 0.467 e. The highest BCUT2D eigenvalue weighted by Crippen LogP contribution is 2.27. The minimum atomic E-state index is -0.0290. The third-order valence-electron chi connectivity index (χ3n) is 4.04. The van der Waals surface area contributed by atoms with Crippen molar-refractivity contribution in [2.24, 2.45) is 0 Å². The number of aryl methyl sites for hydroxylation is 3. The third kappa shape index (κ3) is 3.62. The van der Waals surface area contributed by atoms with E-state index in [0.717, 1.165) is 27.3 Å². The summed E-state index contributed by atoms with van der Waals surface area (Å²) in [7, 11) is 0. The molecule has 24 heavy (non-hydrogen) atoms. The highest BCUT2D eigenvalue weighted by Gasteiger charge is 2.10. The number of pyridine rings is 1. The Hall–Kier alpha value is -2.27. The van der Waals surface area contributed by atoms with Gasteiger partial charge < -0.3 is 9.73 Å². The lowest BCUT2D eigenvalue weighted by molar-refractivity contribution is -0.118. The standard InChI is InChI=1S/C19H20N2O2S/c1-12-6-7-15-9-13(2)19(21-18(15)14(12)3)24-11-17(22)20-10-16-5-4-8-23-16/h4-9H,10-11H2,1-3H3,(H,20,22). The Labute approximate surface area is 145 Å². The van der Waals surface area contributed by atoms with Crippen LogP contribution < -0.4 is 5.32 Å². The molecule has 4 nitrogen and oxygen atoms in total. The lowest BCUT2D eigenvalue weighted by Crippen LogP contribution is -2.24. The molecule has 2 heterocycles. The second kappa shape index (κ2) is 7.09. The number of nitrogens with zero attached hydrogens (tertiary/aromatic N) is 1. The monoisotopic (exact) mass is 340 g/mol. The average molecular weight is 340 g/mol. The van der Waals surface area contributed by atoms with Crippen molar-refractivity contribution in [3.63, 3.8) is 0 Å². The van der Waals surface area contributed by atoms with Gasteiger partial charge in [-0.05, 0) is 55.7 Å². The number of hydrogen-bond donors (Lipinski definition) is 1. The molecule has 1 N–H and O–H groups in total. The molecule has 0 spiro atoms. The zero-order valence-corrected chi connectivity index (χ0v) is 14.9. The summed E-state index contributed by atoms with van der Waals surface area (Å²) in [6.07, 6.45) is 1.60. The lowest BCUT2D eigenvalue weighted by Gasteiger charge is -2.10. The van der Waals surface area contributed by atoms with Crippen molar-refractivity contribution in [3.8, 4) is 0 Å². The molecule has 1 aromatic carbocycles. The summed E-state index contributed by atoms with van der Waals surface area (Å²) < 4.78 is 5.20. The van der Waals surface area contributed by atoms with Crippen LogP contribution in [0.4, 0.5) is 0 Å². The Morgan fingerprint density at radius 2 is 2.04 bits per heavy atom. The summed E-state index contributed by atoms with van der Waals surface area (Å²) in [4.78, 5) is 16.8. The van der Waals surface area contributed by atoms with E-state index in [1.807, 2.05) is 19.1 Å². The topological polar surface area (TPSA) is 55.1 Å². The van der Waals surface area contributed by atoms with E-state index in [-0.39, 0.29) is 5.91 Å². The van der Waals surface area contributed by atoms with Crippen LogP contribution in [-0.2, 0) is 11.3 Å². The molecule has 0 fully saturated rings. The molecule has 1 amide bonds. The summed E-state index contributed by atoms with van der Waals surface area (Å²) in [5, 5.41) is 4.90. The van der Waals surface area contributed by atoms with Gasteiger partial charge in [-0.2, -0.15) is 0 Å². The van der Waals surface area contributed by atoms with E-state index in [2.05, 4.69) is 37.4 Å². The zero-order valence-electron chi connectivity index (χ0n) is 14.1. The van der Waals surface area contributed by atoms with E-state index < -0.39 is 0 Å². The third-order valence-corrected chi connectivity index (χ3v) is 5.13. The molecule has 3 rings (SSSR count). The summed E-state index contributed by atoms with van der Waals surface area (Å²) in [5.74, 6) is 1.06. The van der Waals surface area contributed by atoms with Gasteiger partial charge >= 0.3 is 0 Å². The number of nitrogens with one attached hydrogen (secondary N) is 1. The molecule has 0 aliphatic heterocycles. The van der Waals surface area contributed by atoms with Crippen molar-refractivity contribution >= 4 is 28.6 Å². The second-order valence-electron chi connectivity index (χ2n) is 5.83. The molecule has 0 atom stereocenters. The predicted molar refractivity (Wildman–Crippen MR) is 97.2 cm³/mol. The van der Waals surface area contributed by atoms with Crippen molar-refractivity contribution in [3.05, 3.63) is 59.0 Å². The van der Waals surface area contributed by atoms with Crippen molar-refractivity contribution < 1.29 is 9.21 Å². The number of hydrogen-bond acceptors (Lipinski definition) is 4. The van der Waals surface area contributed by atoms with E-state index in [1.165, 1.54) is 22.9 Å². The first-order chi connectivity index (χ1) is 11.5. The van der Waals surface area contributed by atoms with Crippen LogP contribution in [0.3, 0.4) is 0 Å². The molecule has 124 valence electrons. The molecular weight excluding hydrogens is 320 g/mol. The number of furan rings is 1. The molecule has 0 aliphatic carbocycles. The van der Waals surface area contributed by atoms with Crippen LogP contribution in [0.5, 0.6) is 0 Å². The van der Waals surface area contributed by atoms with Crippen molar-refractivity contribution in [1.29, 1.82) is 0 Å². The molecule has 0 aliphatic rings. The number of aromatic nitrogens is 1. The minimum absolute atomic E-state index is 0.0290. The van der Waals surface area contributed by atoms with Crippen LogP contribution in [0.2, 0.25) is 0 Å². The van der Waals surface area contributed by atoms with Gasteiger partial charge in [-0.25, -0.2) is 4.98 Å². The summed E-state index contributed by atoms with van der Waals surface area (Å²) in [5.41, 5.74) is 4.52. The normalized spacial score (nSPS) is 11.0. The Kier molecular flexibility index (Phi) is 4.90. The zero-order chi connectivity index (χ0) is 17.1. The molecular formula is C19H20N2O2S. The fourth-order valence-electron chi connectivity index (χ4n) is 2.50. The number of thioether (sulfide) groups is 1. The second-order valence-corrected chi connectivity index (χ2v) is 6.80. The Morgan fingerprint density at radius 1 is 1.21 bits per heavy atom. The molecule has 0 unspecified atom stereocenters. The lowest BCUT2D eigenvalue weighted by atomic mass is 10.0. The smallest absolute Gasteiger partial charge is 0.230 e. The van der Waals surface area contributed by atoms with E-state index in [9.17, 15) is 4.79 Å². The van der Waals surface area contributed by atoms with Gasteiger partial charge in [0.15, 0.2) is 0 Å². The van der Waals surface area contributed by atoms with Crippen molar-refractivity contribution in [1.82, 2.24) is 10.3 Å². The number of carbonyl (C=O) groups excluding carboxylic acids is 1. The first kappa shape index (κ1) is 16.6. The summed E-state index contributed by atoms with van der Waals surface area (Å²) >= 11 is 1.47. The number of carbonyl (C=O) groups is 1. The van der Waals surface area contributed by atoms with Crippen LogP contribution in [-0.4, -0.2) is 16.6 Å². The first-order valence-electron chi connectivity index (χ1n) is 7.84. The molecule has 0 saturated heterocycles. The van der Waals surface area contributed by atoms with E-state index in [0.29, 0.717) is 12.3 Å². The SMILES string of the molecule is Cc1cc2ccc(C)c(C)c2nc1SCC(=O)NCc1ccco1. The Bertz CT molecular complexity index is 873. The quantitative estimate of drug-likeness (QED) is 0.709. The molecule has 2 aromatic heterocycles. The fourth-order valence-corrected chi connectivity index (χ4v) is 3.31. The van der Waals surface area contributed by atoms with Gasteiger partial charge in [-0.1, -0.05) is 23.9 Å². The first-order valence-corrected chi connectivity index (χ1v) is 8.82. The highest BCUT2D eigenvalue weighted by atomic mass is 32.2. The van der Waals surface area contributed by atoms with Crippen LogP contribution in [0, 0.1) is 20.8 Å². The maximum absolute atomic E-state index is 12.0. The van der Waals surface area contributed by atoms with Gasteiger partial charge in [0.05, 0.1) is 24.1 Å². The molecule has 0 bridgehead atoms. The van der Waals surface area contributed by atoms with Gasteiger partial charge in [0.2, 0.25) is 5.91 Å². The number of fused-ring (bicyclic) bond motifs is 1. The van der Waals surface area contributed by atoms with Crippen LogP contribution in [0.1, 0.15) is 22.5 Å². The molecule has 5 heteroatoms. The highest BCUT2D eigenvalue weighted by molar-refractivity contribution is 7.99. The summed E-state index contributed by atoms with van der Waals surface area (Å²) in [6, 6.07) is 10.0. The maximum atomic E-state index is 12.0. The summed E-state index contributed by atoms with van der Waals surface area (Å²) in [6.45, 7) is 6.62. The van der Waals surface area contributed by atoms with E-state index >= 15 is 0 Å². The van der Waals surface area contributed by atoms with Gasteiger partial charge in [0, 0.05) is 5.39 Å². The van der Waals surface area contributed by atoms with Gasteiger partial charge in [-0.3, -0.25) is 4.79 Å². The van der Waals surface area contributed by atoms with Gasteiger partial charge in [0.1, 0.15) is 10.8 Å². The van der Waals surface area contributed by atoms with E-state index in [1.54, 1.807) is 6.26 Å².